The molecule has 1 atom stereocenters. The van der Waals surface area contributed by atoms with Crippen molar-refractivity contribution in [3.8, 4) is 5.69 Å². The Kier molecular flexibility index (Phi) is 6.44. The average molecular weight is 390 g/mol. The zero-order valence-corrected chi connectivity index (χ0v) is 16.9. The number of benzene rings is 2. The monoisotopic (exact) mass is 390 g/mol. The van der Waals surface area contributed by atoms with E-state index in [-0.39, 0.29) is 17.7 Å². The van der Waals surface area contributed by atoms with Crippen LogP contribution in [0.3, 0.4) is 0 Å². The number of anilines is 1. The molecule has 6 nitrogen and oxygen atoms in total. The van der Waals surface area contributed by atoms with Crippen LogP contribution in [0.4, 0.5) is 5.69 Å². The van der Waals surface area contributed by atoms with Crippen molar-refractivity contribution in [1.82, 2.24) is 15.1 Å². The van der Waals surface area contributed by atoms with Crippen LogP contribution < -0.4 is 10.6 Å². The lowest BCUT2D eigenvalue weighted by molar-refractivity contribution is -0.127. The third kappa shape index (κ3) is 5.31. The van der Waals surface area contributed by atoms with Crippen molar-refractivity contribution in [2.75, 3.05) is 5.32 Å². The summed E-state index contributed by atoms with van der Waals surface area (Å²) >= 11 is 0. The summed E-state index contributed by atoms with van der Waals surface area (Å²) in [4.78, 5) is 25.5. The highest BCUT2D eigenvalue weighted by molar-refractivity contribution is 5.98. The van der Waals surface area contributed by atoms with Gasteiger partial charge in [0.05, 0.1) is 5.69 Å². The van der Waals surface area contributed by atoms with Crippen molar-refractivity contribution < 1.29 is 9.59 Å². The van der Waals surface area contributed by atoms with Crippen molar-refractivity contribution in [2.45, 2.75) is 33.2 Å². The minimum Gasteiger partial charge on any atom is -0.341 e. The number of nitrogens with zero attached hydrogens (tertiary/aromatic N) is 2. The van der Waals surface area contributed by atoms with E-state index in [1.165, 1.54) is 0 Å². The minimum atomic E-state index is -0.768. The number of aromatic nitrogens is 2. The predicted octanol–water partition coefficient (Wildman–Crippen LogP) is 4.02. The molecule has 2 amide bonds. The van der Waals surface area contributed by atoms with E-state index in [1.807, 2.05) is 81.6 Å². The molecular weight excluding hydrogens is 364 g/mol. The molecule has 0 fully saturated rings. The van der Waals surface area contributed by atoms with Gasteiger partial charge in [-0.25, -0.2) is 4.68 Å². The SMILES string of the molecule is Cc1ccc(-n2cccn2)cc1NC(=O)[C@H](NC(=O)CC(C)C)c1ccccc1. The molecule has 6 heteroatoms. The molecule has 1 heterocycles. The summed E-state index contributed by atoms with van der Waals surface area (Å²) in [6, 6.07) is 16.1. The first-order valence-corrected chi connectivity index (χ1v) is 9.70. The van der Waals surface area contributed by atoms with Gasteiger partial charge in [-0.3, -0.25) is 9.59 Å². The summed E-state index contributed by atoms with van der Waals surface area (Å²) in [6.45, 7) is 5.87. The molecule has 0 spiro atoms. The molecule has 0 aliphatic heterocycles. The minimum absolute atomic E-state index is 0.147. The van der Waals surface area contributed by atoms with Crippen LogP contribution in [0.5, 0.6) is 0 Å². The molecule has 29 heavy (non-hydrogen) atoms. The molecule has 0 saturated carbocycles. The Bertz CT molecular complexity index is 966. The number of carbonyl (C=O) groups is 2. The second-order valence-corrected chi connectivity index (χ2v) is 7.45. The molecule has 1 aromatic heterocycles. The smallest absolute Gasteiger partial charge is 0.251 e. The van der Waals surface area contributed by atoms with Crippen LogP contribution in [0.15, 0.2) is 67.0 Å². The fourth-order valence-corrected chi connectivity index (χ4v) is 3.05. The fraction of sp³-hybridized carbons (Fsp3) is 0.261. The van der Waals surface area contributed by atoms with Crippen LogP contribution >= 0.6 is 0 Å². The normalized spacial score (nSPS) is 11.9. The lowest BCUT2D eigenvalue weighted by atomic mass is 10.0. The maximum absolute atomic E-state index is 13.1. The van der Waals surface area contributed by atoms with E-state index >= 15 is 0 Å². The number of nitrogens with one attached hydrogen (secondary N) is 2. The molecule has 2 N–H and O–H groups in total. The summed E-state index contributed by atoms with van der Waals surface area (Å²) in [5.74, 6) is -0.220. The van der Waals surface area contributed by atoms with Gasteiger partial charge in [0.1, 0.15) is 6.04 Å². The van der Waals surface area contributed by atoms with Crippen molar-refractivity contribution in [2.24, 2.45) is 5.92 Å². The standard InChI is InChI=1S/C23H26N4O2/c1-16(2)14-21(28)26-22(18-8-5-4-6-9-18)23(29)25-20-15-19(11-10-17(20)3)27-13-7-12-24-27/h4-13,15-16,22H,14H2,1-3H3,(H,25,29)(H,26,28)/t22-/m1/s1. The van der Waals surface area contributed by atoms with Gasteiger partial charge in [-0.05, 0) is 42.2 Å². The zero-order valence-electron chi connectivity index (χ0n) is 16.9. The molecule has 0 saturated heterocycles. The van der Waals surface area contributed by atoms with Crippen LogP contribution in [0.25, 0.3) is 5.69 Å². The number of hydrogen-bond acceptors (Lipinski definition) is 3. The Morgan fingerprint density at radius 3 is 2.48 bits per heavy atom. The molecule has 3 aromatic rings. The highest BCUT2D eigenvalue weighted by Crippen LogP contribution is 2.22. The van der Waals surface area contributed by atoms with Gasteiger partial charge in [-0.1, -0.05) is 50.2 Å². The molecule has 2 aromatic carbocycles. The van der Waals surface area contributed by atoms with E-state index in [9.17, 15) is 9.59 Å². The van der Waals surface area contributed by atoms with E-state index < -0.39 is 6.04 Å². The van der Waals surface area contributed by atoms with E-state index in [4.69, 9.17) is 0 Å². The first-order chi connectivity index (χ1) is 13.9. The van der Waals surface area contributed by atoms with Gasteiger partial charge in [0.25, 0.3) is 5.91 Å². The summed E-state index contributed by atoms with van der Waals surface area (Å²) in [7, 11) is 0. The number of rotatable bonds is 7. The molecule has 0 bridgehead atoms. The van der Waals surface area contributed by atoms with Gasteiger partial charge in [-0.2, -0.15) is 5.10 Å². The van der Waals surface area contributed by atoms with E-state index in [0.717, 1.165) is 16.8 Å². The summed E-state index contributed by atoms with van der Waals surface area (Å²) in [5.41, 5.74) is 3.19. The lowest BCUT2D eigenvalue weighted by Gasteiger charge is -2.20. The maximum atomic E-state index is 13.1. The Hall–Kier alpha value is -3.41. The zero-order chi connectivity index (χ0) is 20.8. The first kappa shape index (κ1) is 20.3. The third-order valence-electron chi connectivity index (χ3n) is 4.54. The van der Waals surface area contributed by atoms with Crippen molar-refractivity contribution in [1.29, 1.82) is 0 Å². The van der Waals surface area contributed by atoms with Gasteiger partial charge in [0, 0.05) is 24.5 Å². The number of amides is 2. The molecular formula is C23H26N4O2. The third-order valence-corrected chi connectivity index (χ3v) is 4.54. The van der Waals surface area contributed by atoms with Crippen LogP contribution in [-0.2, 0) is 9.59 Å². The van der Waals surface area contributed by atoms with Gasteiger partial charge >= 0.3 is 0 Å². The summed E-state index contributed by atoms with van der Waals surface area (Å²) < 4.78 is 1.73. The Morgan fingerprint density at radius 1 is 1.07 bits per heavy atom. The maximum Gasteiger partial charge on any atom is 0.251 e. The van der Waals surface area contributed by atoms with E-state index in [0.29, 0.717) is 12.1 Å². The van der Waals surface area contributed by atoms with Crippen LogP contribution in [0.1, 0.15) is 37.4 Å². The second kappa shape index (κ2) is 9.19. The van der Waals surface area contributed by atoms with Gasteiger partial charge < -0.3 is 10.6 Å². The van der Waals surface area contributed by atoms with Crippen molar-refractivity contribution in [3.63, 3.8) is 0 Å². The van der Waals surface area contributed by atoms with Crippen LogP contribution in [-0.4, -0.2) is 21.6 Å². The second-order valence-electron chi connectivity index (χ2n) is 7.45. The highest BCUT2D eigenvalue weighted by Gasteiger charge is 2.23. The van der Waals surface area contributed by atoms with Crippen LogP contribution in [0, 0.1) is 12.8 Å². The lowest BCUT2D eigenvalue weighted by Crippen LogP contribution is -2.37. The van der Waals surface area contributed by atoms with Crippen molar-refractivity contribution in [3.05, 3.63) is 78.1 Å². The molecule has 0 aliphatic carbocycles. The summed E-state index contributed by atoms with van der Waals surface area (Å²) in [6.07, 6.45) is 3.91. The number of aryl methyl sites for hydroxylation is 1. The average Bonchev–Trinajstić information content (AvgIpc) is 3.22. The fourth-order valence-electron chi connectivity index (χ4n) is 3.05. The van der Waals surface area contributed by atoms with E-state index in [2.05, 4.69) is 15.7 Å². The molecule has 0 aliphatic rings. The van der Waals surface area contributed by atoms with E-state index in [1.54, 1.807) is 10.9 Å². The highest BCUT2D eigenvalue weighted by atomic mass is 16.2. The molecule has 0 radical (unpaired) electrons. The van der Waals surface area contributed by atoms with Gasteiger partial charge in [-0.15, -0.1) is 0 Å². The van der Waals surface area contributed by atoms with Gasteiger partial charge in [0.2, 0.25) is 5.91 Å². The largest absolute Gasteiger partial charge is 0.341 e. The van der Waals surface area contributed by atoms with Gasteiger partial charge in [0.15, 0.2) is 0 Å². The number of hydrogen-bond donors (Lipinski definition) is 2. The Morgan fingerprint density at radius 2 is 1.83 bits per heavy atom. The van der Waals surface area contributed by atoms with Crippen LogP contribution in [0.2, 0.25) is 0 Å². The van der Waals surface area contributed by atoms with Crippen molar-refractivity contribution >= 4 is 17.5 Å². The molecule has 0 unspecified atom stereocenters. The first-order valence-electron chi connectivity index (χ1n) is 9.70. The predicted molar refractivity (Wildman–Crippen MR) is 114 cm³/mol. The summed E-state index contributed by atoms with van der Waals surface area (Å²) in [5, 5.41) is 10.1. The molecule has 150 valence electrons. The number of carbonyl (C=O) groups excluding carboxylic acids is 2. The quantitative estimate of drug-likeness (QED) is 0.640. The Labute approximate surface area is 170 Å². The topological polar surface area (TPSA) is 76.0 Å². The Balaban J connectivity index is 1.85. The molecule has 3 rings (SSSR count).